The van der Waals surface area contributed by atoms with E-state index < -0.39 is 60.2 Å². The van der Waals surface area contributed by atoms with Crippen molar-refractivity contribution in [2.75, 3.05) is 0 Å². The van der Waals surface area contributed by atoms with Crippen molar-refractivity contribution in [2.45, 2.75) is 63.7 Å². The number of primary amides is 1. The monoisotopic (exact) mass is 578 g/mol. The molecule has 0 spiro atoms. The third-order valence-electron chi connectivity index (χ3n) is 6.73. The number of carboxylic acids is 1. The fraction of sp³-hybridized carbons (Fsp3) is 0.367. The van der Waals surface area contributed by atoms with Crippen LogP contribution in [0.2, 0.25) is 0 Å². The van der Waals surface area contributed by atoms with Crippen LogP contribution in [-0.2, 0) is 36.8 Å². The van der Waals surface area contributed by atoms with E-state index in [1.165, 1.54) is 0 Å². The summed E-state index contributed by atoms with van der Waals surface area (Å²) in [7, 11) is 0. The second-order valence-electron chi connectivity index (χ2n) is 10.7. The summed E-state index contributed by atoms with van der Waals surface area (Å²) < 4.78 is 0. The van der Waals surface area contributed by atoms with Crippen molar-refractivity contribution in [3.8, 4) is 0 Å². The van der Waals surface area contributed by atoms with Gasteiger partial charge in [0.25, 0.3) is 0 Å². The van der Waals surface area contributed by atoms with Crippen LogP contribution in [0.25, 0.3) is 10.9 Å². The summed E-state index contributed by atoms with van der Waals surface area (Å²) in [5, 5.41) is 18.2. The predicted octanol–water partition coefficient (Wildman–Crippen LogP) is 0.741. The molecule has 0 bridgehead atoms. The Bertz CT molecular complexity index is 1410. The Morgan fingerprint density at radius 3 is 2.05 bits per heavy atom. The Morgan fingerprint density at radius 2 is 1.40 bits per heavy atom. The van der Waals surface area contributed by atoms with Gasteiger partial charge >= 0.3 is 5.97 Å². The van der Waals surface area contributed by atoms with Crippen molar-refractivity contribution in [3.05, 3.63) is 71.9 Å². The average molecular weight is 579 g/mol. The molecule has 0 saturated carbocycles. The van der Waals surface area contributed by atoms with E-state index in [1.54, 1.807) is 6.20 Å². The normalized spacial score (nSPS) is 14.0. The minimum absolute atomic E-state index is 0.0256. The van der Waals surface area contributed by atoms with Gasteiger partial charge in [0, 0.05) is 23.5 Å². The lowest BCUT2D eigenvalue weighted by molar-refractivity contribution is -0.142. The molecule has 0 saturated heterocycles. The van der Waals surface area contributed by atoms with E-state index >= 15 is 0 Å². The zero-order chi connectivity index (χ0) is 30.8. The van der Waals surface area contributed by atoms with Crippen LogP contribution in [0.3, 0.4) is 0 Å². The first-order chi connectivity index (χ1) is 19.9. The van der Waals surface area contributed by atoms with E-state index in [-0.39, 0.29) is 25.2 Å². The number of hydrogen-bond acceptors (Lipinski definition) is 6. The lowest BCUT2D eigenvalue weighted by Crippen LogP contribution is -2.58. The van der Waals surface area contributed by atoms with Gasteiger partial charge in [-0.2, -0.15) is 0 Å². The largest absolute Gasteiger partial charge is 0.480 e. The molecule has 1 aromatic heterocycles. The quantitative estimate of drug-likeness (QED) is 0.137. The van der Waals surface area contributed by atoms with Crippen LogP contribution >= 0.6 is 0 Å². The fourth-order valence-electron chi connectivity index (χ4n) is 4.62. The molecule has 0 fully saturated rings. The van der Waals surface area contributed by atoms with Gasteiger partial charge in [-0.3, -0.25) is 19.2 Å². The molecule has 9 N–H and O–H groups in total. The van der Waals surface area contributed by atoms with Crippen molar-refractivity contribution in [2.24, 2.45) is 17.4 Å². The first kappa shape index (κ1) is 31.8. The molecule has 4 atom stereocenters. The number of amides is 4. The number of nitrogens with one attached hydrogen (secondary N) is 4. The first-order valence-electron chi connectivity index (χ1n) is 13.7. The Labute approximate surface area is 243 Å². The summed E-state index contributed by atoms with van der Waals surface area (Å²) in [5.41, 5.74) is 13.8. The minimum atomic E-state index is -1.47. The number of benzene rings is 2. The van der Waals surface area contributed by atoms with Gasteiger partial charge in [0.15, 0.2) is 0 Å². The maximum absolute atomic E-state index is 13.3. The fourth-order valence-corrected chi connectivity index (χ4v) is 4.62. The molecule has 2 aromatic carbocycles. The SMILES string of the molecule is CC(C)CC(NC(=O)C(N)Cc1ccccc1)C(=O)NC(CC(N)=O)C(=O)NC(Cc1c[nH]c2ccccc12)C(=O)O. The molecule has 4 amide bonds. The van der Waals surface area contributed by atoms with Crippen molar-refractivity contribution < 1.29 is 29.1 Å². The molecule has 3 rings (SSSR count). The first-order valence-corrected chi connectivity index (χ1v) is 13.7. The highest BCUT2D eigenvalue weighted by molar-refractivity contribution is 5.96. The van der Waals surface area contributed by atoms with E-state index in [1.807, 2.05) is 68.4 Å². The van der Waals surface area contributed by atoms with Crippen molar-refractivity contribution in [3.63, 3.8) is 0 Å². The summed E-state index contributed by atoms with van der Waals surface area (Å²) in [6, 6.07) is 11.7. The topological polar surface area (TPSA) is 209 Å². The number of H-pyrrole nitrogens is 1. The van der Waals surface area contributed by atoms with Gasteiger partial charge in [-0.25, -0.2) is 4.79 Å². The predicted molar refractivity (Wildman–Crippen MR) is 157 cm³/mol. The Hall–Kier alpha value is -4.71. The van der Waals surface area contributed by atoms with Gasteiger partial charge in [0.2, 0.25) is 23.6 Å². The molecule has 12 nitrogen and oxygen atoms in total. The van der Waals surface area contributed by atoms with Gasteiger partial charge in [0.05, 0.1) is 12.5 Å². The van der Waals surface area contributed by atoms with Crippen molar-refractivity contribution in [1.82, 2.24) is 20.9 Å². The number of aliphatic carboxylic acids is 1. The highest BCUT2D eigenvalue weighted by Crippen LogP contribution is 2.19. The number of carbonyl (C=O) groups excluding carboxylic acids is 4. The van der Waals surface area contributed by atoms with E-state index in [0.717, 1.165) is 16.5 Å². The van der Waals surface area contributed by atoms with Gasteiger partial charge in [-0.05, 0) is 36.0 Å². The standard InChI is InChI=1S/C30H38N6O6/c1-17(2)12-23(34-27(38)21(31)13-18-8-4-3-5-9-18)28(39)35-24(15-26(32)37)29(40)36-25(30(41)42)14-19-16-33-22-11-7-6-10-20(19)22/h3-11,16-17,21,23-25,33H,12-15,31H2,1-2H3,(H2,32,37)(H,34,38)(H,35,39)(H,36,40)(H,41,42). The van der Waals surface area contributed by atoms with Crippen LogP contribution in [0.4, 0.5) is 0 Å². The molecule has 224 valence electrons. The molecular formula is C30H38N6O6. The number of fused-ring (bicyclic) bond motifs is 1. The summed E-state index contributed by atoms with van der Waals surface area (Å²) in [6.07, 6.45) is 1.51. The molecule has 12 heteroatoms. The minimum Gasteiger partial charge on any atom is -0.480 e. The highest BCUT2D eigenvalue weighted by atomic mass is 16.4. The van der Waals surface area contributed by atoms with Gasteiger partial charge in [-0.1, -0.05) is 62.4 Å². The number of para-hydroxylation sites is 1. The Kier molecular flexibility index (Phi) is 11.2. The third kappa shape index (κ3) is 9.16. The van der Waals surface area contributed by atoms with Crippen LogP contribution in [-0.4, -0.2) is 63.9 Å². The zero-order valence-corrected chi connectivity index (χ0v) is 23.6. The molecule has 0 aliphatic heterocycles. The summed E-state index contributed by atoms with van der Waals surface area (Å²) >= 11 is 0. The number of nitrogens with two attached hydrogens (primary N) is 2. The van der Waals surface area contributed by atoms with Crippen LogP contribution in [0.15, 0.2) is 60.8 Å². The second kappa shape index (κ2) is 14.8. The van der Waals surface area contributed by atoms with E-state index in [0.29, 0.717) is 5.56 Å². The lowest BCUT2D eigenvalue weighted by Gasteiger charge is -2.25. The highest BCUT2D eigenvalue weighted by Gasteiger charge is 2.32. The third-order valence-corrected chi connectivity index (χ3v) is 6.73. The van der Waals surface area contributed by atoms with Crippen molar-refractivity contribution in [1.29, 1.82) is 0 Å². The van der Waals surface area contributed by atoms with E-state index in [2.05, 4.69) is 20.9 Å². The van der Waals surface area contributed by atoms with Gasteiger partial charge in [0.1, 0.15) is 18.1 Å². The molecule has 1 heterocycles. The van der Waals surface area contributed by atoms with Crippen LogP contribution < -0.4 is 27.4 Å². The van der Waals surface area contributed by atoms with Crippen LogP contribution in [0, 0.1) is 5.92 Å². The summed E-state index contributed by atoms with van der Waals surface area (Å²) in [4.78, 5) is 66.2. The van der Waals surface area contributed by atoms with E-state index in [4.69, 9.17) is 11.5 Å². The average Bonchev–Trinajstić information content (AvgIpc) is 3.34. The Morgan fingerprint density at radius 1 is 0.810 bits per heavy atom. The molecular weight excluding hydrogens is 540 g/mol. The maximum Gasteiger partial charge on any atom is 0.326 e. The number of hydrogen-bond donors (Lipinski definition) is 7. The molecule has 0 radical (unpaired) electrons. The van der Waals surface area contributed by atoms with Crippen LogP contribution in [0.1, 0.15) is 37.8 Å². The number of rotatable bonds is 15. The van der Waals surface area contributed by atoms with E-state index in [9.17, 15) is 29.1 Å². The molecule has 3 aromatic rings. The number of aromatic amines is 1. The van der Waals surface area contributed by atoms with Crippen LogP contribution in [0.5, 0.6) is 0 Å². The van der Waals surface area contributed by atoms with Gasteiger partial charge in [-0.15, -0.1) is 0 Å². The molecule has 42 heavy (non-hydrogen) atoms. The summed E-state index contributed by atoms with van der Waals surface area (Å²) in [5.74, 6) is -4.38. The lowest BCUT2D eigenvalue weighted by atomic mass is 10.0. The number of carbonyl (C=O) groups is 5. The maximum atomic E-state index is 13.3. The van der Waals surface area contributed by atoms with Gasteiger partial charge < -0.3 is 37.5 Å². The van der Waals surface area contributed by atoms with Crippen molar-refractivity contribution >= 4 is 40.5 Å². The number of aromatic nitrogens is 1. The second-order valence-corrected chi connectivity index (χ2v) is 10.7. The molecule has 0 aliphatic carbocycles. The zero-order valence-electron chi connectivity index (χ0n) is 23.6. The number of carboxylic acid groups (broad SMARTS) is 1. The smallest absolute Gasteiger partial charge is 0.326 e. The summed E-state index contributed by atoms with van der Waals surface area (Å²) in [6.45, 7) is 3.71. The Balaban J connectivity index is 1.71. The molecule has 0 aliphatic rings. The molecule has 4 unspecified atom stereocenters.